The molecule has 106 valence electrons. The van der Waals surface area contributed by atoms with E-state index in [9.17, 15) is 0 Å². The predicted octanol–water partition coefficient (Wildman–Crippen LogP) is 5.72. The molecule has 0 heterocycles. The number of rotatable bonds is 3. The smallest absolute Gasteiger partial charge is 0.126 e. The summed E-state index contributed by atoms with van der Waals surface area (Å²) in [6, 6.07) is 12.9. The summed E-state index contributed by atoms with van der Waals surface area (Å²) in [5.74, 6) is 2.51. The molecule has 0 spiro atoms. The van der Waals surface area contributed by atoms with Crippen molar-refractivity contribution in [3.05, 3.63) is 42.0 Å². The van der Waals surface area contributed by atoms with Gasteiger partial charge in [0.05, 0.1) is 7.11 Å². The highest BCUT2D eigenvalue weighted by Crippen LogP contribution is 2.47. The Labute approximate surface area is 129 Å². The van der Waals surface area contributed by atoms with E-state index in [0.29, 0.717) is 4.83 Å². The molecular weight excluding hydrogens is 312 g/mol. The first-order valence-electron chi connectivity index (χ1n) is 7.42. The van der Waals surface area contributed by atoms with Crippen LogP contribution in [-0.2, 0) is 0 Å². The number of benzene rings is 2. The Balaban J connectivity index is 2.07. The van der Waals surface area contributed by atoms with Crippen molar-refractivity contribution in [1.82, 2.24) is 0 Å². The summed E-state index contributed by atoms with van der Waals surface area (Å²) in [7, 11) is 1.74. The SMILES string of the molecule is COc1ccc(C(Br)C2CCCC2C)c2ccccc12. The van der Waals surface area contributed by atoms with Crippen molar-refractivity contribution in [3.8, 4) is 5.75 Å². The summed E-state index contributed by atoms with van der Waals surface area (Å²) in [4.78, 5) is 0.441. The van der Waals surface area contributed by atoms with Crippen molar-refractivity contribution in [2.45, 2.75) is 31.0 Å². The van der Waals surface area contributed by atoms with Gasteiger partial charge in [-0.25, -0.2) is 0 Å². The van der Waals surface area contributed by atoms with Gasteiger partial charge >= 0.3 is 0 Å². The predicted molar refractivity (Wildman–Crippen MR) is 88.7 cm³/mol. The van der Waals surface area contributed by atoms with Crippen LogP contribution in [0.2, 0.25) is 0 Å². The van der Waals surface area contributed by atoms with Gasteiger partial charge in [0.15, 0.2) is 0 Å². The molecule has 2 heteroatoms. The van der Waals surface area contributed by atoms with E-state index in [1.54, 1.807) is 7.11 Å². The highest BCUT2D eigenvalue weighted by Gasteiger charge is 2.31. The number of hydrogen-bond donors (Lipinski definition) is 0. The summed E-state index contributed by atoms with van der Waals surface area (Å²) < 4.78 is 5.49. The third-order valence-corrected chi connectivity index (χ3v) is 5.91. The average molecular weight is 333 g/mol. The Morgan fingerprint density at radius 1 is 1.10 bits per heavy atom. The topological polar surface area (TPSA) is 9.23 Å². The number of methoxy groups -OCH3 is 1. The molecule has 0 bridgehead atoms. The molecule has 0 aliphatic heterocycles. The van der Waals surface area contributed by atoms with Crippen LogP contribution in [0.4, 0.5) is 0 Å². The first kappa shape index (κ1) is 13.9. The van der Waals surface area contributed by atoms with E-state index < -0.39 is 0 Å². The zero-order valence-corrected chi connectivity index (χ0v) is 13.7. The maximum absolute atomic E-state index is 5.49. The molecule has 20 heavy (non-hydrogen) atoms. The van der Waals surface area contributed by atoms with Gasteiger partial charge in [0.2, 0.25) is 0 Å². The van der Waals surface area contributed by atoms with Crippen molar-refractivity contribution >= 4 is 26.7 Å². The molecule has 1 fully saturated rings. The summed E-state index contributed by atoms with van der Waals surface area (Å²) in [6.07, 6.45) is 4.06. The molecule has 0 saturated heterocycles. The fourth-order valence-electron chi connectivity index (χ4n) is 3.55. The van der Waals surface area contributed by atoms with Crippen molar-refractivity contribution in [2.75, 3.05) is 7.11 Å². The quantitative estimate of drug-likeness (QED) is 0.653. The van der Waals surface area contributed by atoms with E-state index in [0.717, 1.165) is 17.6 Å². The summed E-state index contributed by atoms with van der Waals surface area (Å²) >= 11 is 3.98. The number of halogens is 1. The van der Waals surface area contributed by atoms with E-state index in [-0.39, 0.29) is 0 Å². The molecule has 0 amide bonds. The van der Waals surface area contributed by atoms with E-state index in [4.69, 9.17) is 4.74 Å². The standard InChI is InChI=1S/C18H21BrO/c1-12-6-5-9-13(12)18(19)16-10-11-17(20-2)15-8-4-3-7-14(15)16/h3-4,7-8,10-13,18H,5-6,9H2,1-2H3. The van der Waals surface area contributed by atoms with Crippen molar-refractivity contribution in [1.29, 1.82) is 0 Å². The molecule has 0 N–H and O–H groups in total. The zero-order chi connectivity index (χ0) is 14.1. The van der Waals surface area contributed by atoms with Crippen LogP contribution in [0, 0.1) is 11.8 Å². The molecule has 0 radical (unpaired) electrons. The van der Waals surface area contributed by atoms with Crippen molar-refractivity contribution in [2.24, 2.45) is 11.8 Å². The average Bonchev–Trinajstić information content (AvgIpc) is 2.91. The summed E-state index contributed by atoms with van der Waals surface area (Å²) in [6.45, 7) is 2.39. The summed E-state index contributed by atoms with van der Waals surface area (Å²) in [5.41, 5.74) is 1.40. The van der Waals surface area contributed by atoms with Gasteiger partial charge in [0.1, 0.15) is 5.75 Å². The maximum Gasteiger partial charge on any atom is 0.126 e. The van der Waals surface area contributed by atoms with E-state index >= 15 is 0 Å². The second-order valence-electron chi connectivity index (χ2n) is 5.88. The minimum atomic E-state index is 0.441. The van der Waals surface area contributed by atoms with Gasteiger partial charge in [-0.1, -0.05) is 66.0 Å². The van der Waals surface area contributed by atoms with Crippen molar-refractivity contribution in [3.63, 3.8) is 0 Å². The maximum atomic E-state index is 5.49. The fraction of sp³-hybridized carbons (Fsp3) is 0.444. The number of hydrogen-bond acceptors (Lipinski definition) is 1. The lowest BCUT2D eigenvalue weighted by atomic mass is 9.88. The van der Waals surface area contributed by atoms with E-state index in [2.05, 4.69) is 59.3 Å². The second-order valence-corrected chi connectivity index (χ2v) is 6.86. The largest absolute Gasteiger partial charge is 0.496 e. The fourth-order valence-corrected chi connectivity index (χ4v) is 4.74. The molecular formula is C18H21BrO. The van der Waals surface area contributed by atoms with Gasteiger partial charge in [-0.15, -0.1) is 0 Å². The first-order chi connectivity index (χ1) is 9.72. The minimum Gasteiger partial charge on any atom is -0.496 e. The normalized spacial score (nSPS) is 23.9. The van der Waals surface area contributed by atoms with Crippen LogP contribution in [0.5, 0.6) is 5.75 Å². The monoisotopic (exact) mass is 332 g/mol. The van der Waals surface area contributed by atoms with Crippen LogP contribution in [0.3, 0.4) is 0 Å². The molecule has 1 aliphatic rings. The van der Waals surface area contributed by atoms with E-state index in [1.165, 1.54) is 35.6 Å². The molecule has 0 aromatic heterocycles. The van der Waals surface area contributed by atoms with Gasteiger partial charge in [0, 0.05) is 10.2 Å². The highest BCUT2D eigenvalue weighted by molar-refractivity contribution is 9.09. The Kier molecular flexibility index (Phi) is 4.02. The lowest BCUT2D eigenvalue weighted by molar-refractivity contribution is 0.413. The Morgan fingerprint density at radius 2 is 1.85 bits per heavy atom. The van der Waals surface area contributed by atoms with Crippen LogP contribution in [-0.4, -0.2) is 7.11 Å². The molecule has 1 aliphatic carbocycles. The molecule has 2 aromatic rings. The van der Waals surface area contributed by atoms with Gasteiger partial charge in [-0.3, -0.25) is 0 Å². The number of alkyl halides is 1. The summed E-state index contributed by atoms with van der Waals surface area (Å²) in [5, 5.41) is 2.52. The molecule has 1 nitrogen and oxygen atoms in total. The van der Waals surface area contributed by atoms with Crippen LogP contribution in [0.25, 0.3) is 10.8 Å². The molecule has 2 aromatic carbocycles. The zero-order valence-electron chi connectivity index (χ0n) is 12.1. The van der Waals surface area contributed by atoms with Gasteiger partial charge in [0.25, 0.3) is 0 Å². The molecule has 3 unspecified atom stereocenters. The van der Waals surface area contributed by atoms with Crippen LogP contribution in [0.1, 0.15) is 36.6 Å². The van der Waals surface area contributed by atoms with Crippen LogP contribution < -0.4 is 4.74 Å². The second kappa shape index (κ2) is 5.77. The number of ether oxygens (including phenoxy) is 1. The van der Waals surface area contributed by atoms with E-state index in [1.807, 2.05) is 0 Å². The Morgan fingerprint density at radius 3 is 2.50 bits per heavy atom. The third-order valence-electron chi connectivity index (χ3n) is 4.74. The molecule has 3 rings (SSSR count). The lowest BCUT2D eigenvalue weighted by Gasteiger charge is -2.24. The first-order valence-corrected chi connectivity index (χ1v) is 8.33. The lowest BCUT2D eigenvalue weighted by Crippen LogP contribution is -2.11. The van der Waals surface area contributed by atoms with Gasteiger partial charge in [-0.2, -0.15) is 0 Å². The number of fused-ring (bicyclic) bond motifs is 1. The molecule has 1 saturated carbocycles. The highest BCUT2D eigenvalue weighted by atomic mass is 79.9. The van der Waals surface area contributed by atoms with Crippen molar-refractivity contribution < 1.29 is 4.74 Å². The van der Waals surface area contributed by atoms with Gasteiger partial charge < -0.3 is 4.74 Å². The Hall–Kier alpha value is -1.02. The molecule has 3 atom stereocenters. The van der Waals surface area contributed by atoms with Crippen LogP contribution >= 0.6 is 15.9 Å². The van der Waals surface area contributed by atoms with Crippen LogP contribution in [0.15, 0.2) is 36.4 Å². The minimum absolute atomic E-state index is 0.441. The van der Waals surface area contributed by atoms with Gasteiger partial charge in [-0.05, 0) is 35.3 Å². The third kappa shape index (κ3) is 2.35. The Bertz CT molecular complexity index is 607.